The van der Waals surface area contributed by atoms with Crippen LogP contribution in [0.15, 0.2) is 54.6 Å². The van der Waals surface area contributed by atoms with Gasteiger partial charge in [0, 0.05) is 17.6 Å². The fourth-order valence-corrected chi connectivity index (χ4v) is 2.04. The molecule has 0 saturated heterocycles. The molecule has 0 aliphatic carbocycles. The maximum Gasteiger partial charge on any atom is 0.244 e. The van der Waals surface area contributed by atoms with Crippen LogP contribution in [0, 0.1) is 0 Å². The summed E-state index contributed by atoms with van der Waals surface area (Å²) in [6.07, 6.45) is 4.29. The van der Waals surface area contributed by atoms with Gasteiger partial charge >= 0.3 is 0 Å². The quantitative estimate of drug-likeness (QED) is 0.762. The third kappa shape index (κ3) is 6.17. The summed E-state index contributed by atoms with van der Waals surface area (Å²) in [5.74, 6) is 0.711. The maximum absolute atomic E-state index is 11.8. The topological polar surface area (TPSA) is 38.3 Å². The minimum absolute atomic E-state index is 0.133. The Morgan fingerprint density at radius 3 is 2.48 bits per heavy atom. The SMILES string of the molecule is CCCOc1ccc(C=CC(=O)NCc2ccc(Cl)cc2)cc1. The second-order valence-electron chi connectivity index (χ2n) is 5.10. The largest absolute Gasteiger partial charge is 0.494 e. The second-order valence-corrected chi connectivity index (χ2v) is 5.53. The Balaban J connectivity index is 1.82. The van der Waals surface area contributed by atoms with Gasteiger partial charge in [0.05, 0.1) is 6.61 Å². The van der Waals surface area contributed by atoms with Gasteiger partial charge in [0.2, 0.25) is 5.91 Å². The average molecular weight is 330 g/mol. The Bertz CT molecular complexity index is 648. The zero-order chi connectivity index (χ0) is 16.5. The Labute approximate surface area is 141 Å². The lowest BCUT2D eigenvalue weighted by molar-refractivity contribution is -0.116. The molecule has 0 radical (unpaired) electrons. The molecular weight excluding hydrogens is 310 g/mol. The van der Waals surface area contributed by atoms with Crippen molar-refractivity contribution in [2.24, 2.45) is 0 Å². The van der Waals surface area contributed by atoms with Crippen LogP contribution < -0.4 is 10.1 Å². The molecule has 2 rings (SSSR count). The molecule has 0 aliphatic heterocycles. The first-order chi connectivity index (χ1) is 11.2. The second kappa shape index (κ2) is 9.01. The number of carbonyl (C=O) groups excluding carboxylic acids is 1. The van der Waals surface area contributed by atoms with Gasteiger partial charge in [-0.2, -0.15) is 0 Å². The number of hydrogen-bond acceptors (Lipinski definition) is 2. The first kappa shape index (κ1) is 17.1. The van der Waals surface area contributed by atoms with Gasteiger partial charge in [0.15, 0.2) is 0 Å². The van der Waals surface area contributed by atoms with E-state index in [1.165, 1.54) is 6.08 Å². The smallest absolute Gasteiger partial charge is 0.244 e. The molecule has 23 heavy (non-hydrogen) atoms. The number of nitrogens with one attached hydrogen (secondary N) is 1. The number of rotatable bonds is 7. The number of carbonyl (C=O) groups is 1. The summed E-state index contributed by atoms with van der Waals surface area (Å²) in [5, 5.41) is 3.52. The van der Waals surface area contributed by atoms with Crippen molar-refractivity contribution in [1.82, 2.24) is 5.32 Å². The van der Waals surface area contributed by atoms with E-state index in [1.54, 1.807) is 18.2 Å². The van der Waals surface area contributed by atoms with E-state index in [0.29, 0.717) is 18.2 Å². The molecule has 1 N–H and O–H groups in total. The lowest BCUT2D eigenvalue weighted by atomic mass is 10.2. The third-order valence-corrected chi connectivity index (χ3v) is 3.41. The molecule has 0 aromatic heterocycles. The molecule has 120 valence electrons. The molecule has 0 fully saturated rings. The summed E-state index contributed by atoms with van der Waals surface area (Å²) in [5.41, 5.74) is 1.96. The molecule has 0 bridgehead atoms. The summed E-state index contributed by atoms with van der Waals surface area (Å²) >= 11 is 5.82. The number of ether oxygens (including phenoxy) is 1. The van der Waals surface area contributed by atoms with Gasteiger partial charge in [-0.05, 0) is 47.9 Å². The first-order valence-electron chi connectivity index (χ1n) is 7.60. The monoisotopic (exact) mass is 329 g/mol. The molecule has 0 saturated carbocycles. The molecular formula is C19H20ClNO2. The zero-order valence-electron chi connectivity index (χ0n) is 13.1. The van der Waals surface area contributed by atoms with Gasteiger partial charge in [0.1, 0.15) is 5.75 Å². The van der Waals surface area contributed by atoms with Crippen LogP contribution in [0.3, 0.4) is 0 Å². The average Bonchev–Trinajstić information content (AvgIpc) is 2.58. The highest BCUT2D eigenvalue weighted by Crippen LogP contribution is 2.13. The number of amides is 1. The van der Waals surface area contributed by atoms with Crippen molar-refractivity contribution in [2.45, 2.75) is 19.9 Å². The van der Waals surface area contributed by atoms with Crippen molar-refractivity contribution in [2.75, 3.05) is 6.61 Å². The van der Waals surface area contributed by atoms with E-state index >= 15 is 0 Å². The molecule has 2 aromatic rings. The van der Waals surface area contributed by atoms with Crippen molar-refractivity contribution in [3.63, 3.8) is 0 Å². The minimum Gasteiger partial charge on any atom is -0.494 e. The van der Waals surface area contributed by atoms with Gasteiger partial charge in [-0.15, -0.1) is 0 Å². The third-order valence-electron chi connectivity index (χ3n) is 3.16. The Morgan fingerprint density at radius 2 is 1.83 bits per heavy atom. The lowest BCUT2D eigenvalue weighted by Gasteiger charge is -2.04. The van der Waals surface area contributed by atoms with Crippen LogP contribution in [0.2, 0.25) is 5.02 Å². The van der Waals surface area contributed by atoms with Crippen LogP contribution in [0.4, 0.5) is 0 Å². The Kier molecular flexibility index (Phi) is 6.70. The van der Waals surface area contributed by atoms with Crippen LogP contribution in [-0.2, 0) is 11.3 Å². The zero-order valence-corrected chi connectivity index (χ0v) is 13.8. The van der Waals surface area contributed by atoms with E-state index in [1.807, 2.05) is 36.4 Å². The standard InChI is InChI=1S/C19H20ClNO2/c1-2-13-23-18-10-5-15(6-11-18)7-12-19(22)21-14-16-3-8-17(20)9-4-16/h3-12H,2,13-14H2,1H3,(H,21,22). The Morgan fingerprint density at radius 1 is 1.13 bits per heavy atom. The highest BCUT2D eigenvalue weighted by Gasteiger charge is 1.98. The molecule has 3 nitrogen and oxygen atoms in total. The number of benzene rings is 2. The van der Waals surface area contributed by atoms with Gasteiger partial charge in [0.25, 0.3) is 0 Å². The summed E-state index contributed by atoms with van der Waals surface area (Å²) in [6, 6.07) is 15.1. The van der Waals surface area contributed by atoms with E-state index in [0.717, 1.165) is 23.3 Å². The number of hydrogen-bond donors (Lipinski definition) is 1. The van der Waals surface area contributed by atoms with E-state index in [2.05, 4.69) is 12.2 Å². The van der Waals surface area contributed by atoms with Crippen LogP contribution >= 0.6 is 11.6 Å². The van der Waals surface area contributed by atoms with Crippen molar-refractivity contribution < 1.29 is 9.53 Å². The lowest BCUT2D eigenvalue weighted by Crippen LogP contribution is -2.20. The van der Waals surface area contributed by atoms with Crippen molar-refractivity contribution in [3.05, 3.63) is 70.8 Å². The van der Waals surface area contributed by atoms with Gasteiger partial charge in [-0.1, -0.05) is 42.8 Å². The van der Waals surface area contributed by atoms with Gasteiger partial charge < -0.3 is 10.1 Å². The fourth-order valence-electron chi connectivity index (χ4n) is 1.92. The highest BCUT2D eigenvalue weighted by molar-refractivity contribution is 6.30. The summed E-state index contributed by atoms with van der Waals surface area (Å²) in [7, 11) is 0. The van der Waals surface area contributed by atoms with Crippen LogP contribution in [-0.4, -0.2) is 12.5 Å². The van der Waals surface area contributed by atoms with E-state index in [9.17, 15) is 4.79 Å². The van der Waals surface area contributed by atoms with Crippen LogP contribution in [0.1, 0.15) is 24.5 Å². The fraction of sp³-hybridized carbons (Fsp3) is 0.211. The molecule has 1 amide bonds. The molecule has 0 atom stereocenters. The normalized spacial score (nSPS) is 10.7. The summed E-state index contributed by atoms with van der Waals surface area (Å²) < 4.78 is 5.52. The molecule has 0 aliphatic rings. The van der Waals surface area contributed by atoms with E-state index < -0.39 is 0 Å². The van der Waals surface area contributed by atoms with Crippen molar-refractivity contribution in [3.8, 4) is 5.75 Å². The van der Waals surface area contributed by atoms with Gasteiger partial charge in [-0.25, -0.2) is 0 Å². The van der Waals surface area contributed by atoms with Gasteiger partial charge in [-0.3, -0.25) is 4.79 Å². The summed E-state index contributed by atoms with van der Waals surface area (Å²) in [6.45, 7) is 3.26. The molecule has 0 unspecified atom stereocenters. The van der Waals surface area contributed by atoms with E-state index in [-0.39, 0.29) is 5.91 Å². The molecule has 0 heterocycles. The van der Waals surface area contributed by atoms with Crippen molar-refractivity contribution in [1.29, 1.82) is 0 Å². The Hall–Kier alpha value is -2.26. The van der Waals surface area contributed by atoms with E-state index in [4.69, 9.17) is 16.3 Å². The van der Waals surface area contributed by atoms with Crippen LogP contribution in [0.5, 0.6) is 5.75 Å². The van der Waals surface area contributed by atoms with Crippen LogP contribution in [0.25, 0.3) is 6.08 Å². The maximum atomic E-state index is 11.8. The molecule has 4 heteroatoms. The predicted octanol–water partition coefficient (Wildman–Crippen LogP) is 4.46. The first-order valence-corrected chi connectivity index (χ1v) is 7.98. The molecule has 2 aromatic carbocycles. The predicted molar refractivity (Wildman–Crippen MR) is 94.6 cm³/mol. The summed E-state index contributed by atoms with van der Waals surface area (Å²) in [4.78, 5) is 11.8. The highest BCUT2D eigenvalue weighted by atomic mass is 35.5. The van der Waals surface area contributed by atoms with Crippen molar-refractivity contribution >= 4 is 23.6 Å². The minimum atomic E-state index is -0.133. The number of halogens is 1. The molecule has 0 spiro atoms.